The zero-order chi connectivity index (χ0) is 16.9. The first kappa shape index (κ1) is 16.2. The van der Waals surface area contributed by atoms with Gasteiger partial charge >= 0.3 is 0 Å². The van der Waals surface area contributed by atoms with Gasteiger partial charge in [0.05, 0.1) is 11.0 Å². The van der Waals surface area contributed by atoms with Gasteiger partial charge in [-0.05, 0) is 49.9 Å². The number of H-pyrrole nitrogens is 1. The number of hydrogen-bond donors (Lipinski definition) is 2. The van der Waals surface area contributed by atoms with Crippen LogP contribution in [-0.2, 0) is 17.6 Å². The van der Waals surface area contributed by atoms with Gasteiger partial charge in [-0.2, -0.15) is 0 Å². The molecule has 1 amide bonds. The van der Waals surface area contributed by atoms with Gasteiger partial charge in [0.15, 0.2) is 0 Å². The van der Waals surface area contributed by atoms with Crippen LogP contribution in [0.5, 0.6) is 0 Å². The molecule has 4 nitrogen and oxygen atoms in total. The molecular formula is C20H23N3O. The first-order chi connectivity index (χ1) is 11.6. The predicted molar refractivity (Wildman–Crippen MR) is 97.0 cm³/mol. The second-order valence-corrected chi connectivity index (χ2v) is 6.26. The Bertz CT molecular complexity index is 851. The Labute approximate surface area is 142 Å². The minimum absolute atomic E-state index is 0.106. The van der Waals surface area contributed by atoms with Crippen molar-refractivity contribution in [3.63, 3.8) is 0 Å². The van der Waals surface area contributed by atoms with E-state index in [1.807, 2.05) is 19.1 Å². The van der Waals surface area contributed by atoms with Crippen LogP contribution in [0.1, 0.15) is 28.9 Å². The number of aryl methyl sites for hydroxylation is 3. The number of benzene rings is 2. The summed E-state index contributed by atoms with van der Waals surface area (Å²) >= 11 is 0. The third-order valence-electron chi connectivity index (χ3n) is 4.12. The summed E-state index contributed by atoms with van der Waals surface area (Å²) < 4.78 is 0. The molecule has 2 N–H and O–H groups in total. The van der Waals surface area contributed by atoms with Crippen molar-refractivity contribution in [2.75, 3.05) is 6.54 Å². The van der Waals surface area contributed by atoms with Crippen LogP contribution in [0.2, 0.25) is 0 Å². The normalized spacial score (nSPS) is 10.9. The van der Waals surface area contributed by atoms with E-state index in [1.165, 1.54) is 16.7 Å². The third kappa shape index (κ3) is 4.22. The van der Waals surface area contributed by atoms with Crippen molar-refractivity contribution in [1.29, 1.82) is 0 Å². The van der Waals surface area contributed by atoms with Crippen molar-refractivity contribution in [3.05, 3.63) is 65.0 Å². The number of imidazole rings is 1. The second kappa shape index (κ2) is 7.30. The largest absolute Gasteiger partial charge is 0.356 e. The highest BCUT2D eigenvalue weighted by atomic mass is 16.1. The number of nitrogens with one attached hydrogen (secondary N) is 2. The molecule has 0 radical (unpaired) electrons. The summed E-state index contributed by atoms with van der Waals surface area (Å²) in [6.45, 7) is 4.68. The zero-order valence-corrected chi connectivity index (χ0v) is 14.2. The molecule has 0 aliphatic carbocycles. The average Bonchev–Trinajstić information content (AvgIpc) is 2.92. The quantitative estimate of drug-likeness (QED) is 0.730. The number of nitrogens with zero attached hydrogens (tertiary/aromatic N) is 1. The van der Waals surface area contributed by atoms with Crippen LogP contribution in [0.25, 0.3) is 11.0 Å². The number of carbonyl (C=O) groups is 1. The molecule has 0 fully saturated rings. The lowest BCUT2D eigenvalue weighted by molar-refractivity contribution is -0.121. The first-order valence-corrected chi connectivity index (χ1v) is 8.37. The van der Waals surface area contributed by atoms with E-state index in [1.54, 1.807) is 0 Å². The summed E-state index contributed by atoms with van der Waals surface area (Å²) in [6.07, 6.45) is 2.14. The standard InChI is InChI=1S/C20H23N3O/c1-14-4-3-5-16(12-14)7-9-20(24)21-11-10-17-6-8-18-19(13-17)23-15(2)22-18/h3-6,8,12-13H,7,9-11H2,1-2H3,(H,21,24)(H,22,23). The highest BCUT2D eigenvalue weighted by Gasteiger charge is 2.04. The van der Waals surface area contributed by atoms with Crippen LogP contribution in [-0.4, -0.2) is 22.4 Å². The Morgan fingerprint density at radius 2 is 1.92 bits per heavy atom. The van der Waals surface area contributed by atoms with Crippen LogP contribution >= 0.6 is 0 Å². The van der Waals surface area contributed by atoms with Gasteiger partial charge in [-0.1, -0.05) is 35.9 Å². The molecule has 0 saturated heterocycles. The fraction of sp³-hybridized carbons (Fsp3) is 0.300. The molecule has 0 saturated carbocycles. The summed E-state index contributed by atoms with van der Waals surface area (Å²) in [7, 11) is 0. The summed E-state index contributed by atoms with van der Waals surface area (Å²) in [5, 5.41) is 3.00. The van der Waals surface area contributed by atoms with E-state index in [2.05, 4.69) is 52.5 Å². The maximum absolute atomic E-state index is 12.0. The lowest BCUT2D eigenvalue weighted by atomic mass is 10.1. The molecular weight excluding hydrogens is 298 g/mol. The lowest BCUT2D eigenvalue weighted by Gasteiger charge is -2.06. The van der Waals surface area contributed by atoms with Gasteiger partial charge < -0.3 is 10.3 Å². The molecule has 1 aromatic heterocycles. The molecule has 0 bridgehead atoms. The Kier molecular flexibility index (Phi) is 4.94. The topological polar surface area (TPSA) is 57.8 Å². The van der Waals surface area contributed by atoms with Crippen molar-refractivity contribution in [2.24, 2.45) is 0 Å². The van der Waals surface area contributed by atoms with Gasteiger partial charge in [0, 0.05) is 13.0 Å². The second-order valence-electron chi connectivity index (χ2n) is 6.26. The van der Waals surface area contributed by atoms with Gasteiger partial charge in [-0.15, -0.1) is 0 Å². The lowest BCUT2D eigenvalue weighted by Crippen LogP contribution is -2.25. The van der Waals surface area contributed by atoms with E-state index in [-0.39, 0.29) is 5.91 Å². The molecule has 0 spiro atoms. The van der Waals surface area contributed by atoms with Gasteiger partial charge in [0.1, 0.15) is 5.82 Å². The molecule has 0 aliphatic heterocycles. The van der Waals surface area contributed by atoms with Crippen LogP contribution < -0.4 is 5.32 Å². The van der Waals surface area contributed by atoms with E-state index in [0.29, 0.717) is 13.0 Å². The van der Waals surface area contributed by atoms with Crippen LogP contribution in [0, 0.1) is 13.8 Å². The average molecular weight is 321 g/mol. The maximum atomic E-state index is 12.0. The van der Waals surface area contributed by atoms with E-state index in [0.717, 1.165) is 29.7 Å². The minimum atomic E-state index is 0.106. The molecule has 1 heterocycles. The van der Waals surface area contributed by atoms with Crippen LogP contribution in [0.15, 0.2) is 42.5 Å². The summed E-state index contributed by atoms with van der Waals surface area (Å²) in [5.74, 6) is 1.03. The highest BCUT2D eigenvalue weighted by molar-refractivity contribution is 5.77. The smallest absolute Gasteiger partial charge is 0.220 e. The molecule has 0 unspecified atom stereocenters. The number of aromatic amines is 1. The van der Waals surface area contributed by atoms with Crippen molar-refractivity contribution >= 4 is 16.9 Å². The number of carbonyl (C=O) groups excluding carboxylic acids is 1. The molecule has 3 aromatic rings. The van der Waals surface area contributed by atoms with E-state index in [4.69, 9.17) is 0 Å². The SMILES string of the molecule is Cc1cccc(CCC(=O)NCCc2ccc3nc(C)[nH]c3c2)c1. The number of amides is 1. The summed E-state index contributed by atoms with van der Waals surface area (Å²) in [5.41, 5.74) is 5.68. The van der Waals surface area contributed by atoms with E-state index < -0.39 is 0 Å². The summed E-state index contributed by atoms with van der Waals surface area (Å²) in [4.78, 5) is 19.6. The van der Waals surface area contributed by atoms with Gasteiger partial charge in [0.2, 0.25) is 5.91 Å². The van der Waals surface area contributed by atoms with E-state index in [9.17, 15) is 4.79 Å². The number of aromatic nitrogens is 2. The number of fused-ring (bicyclic) bond motifs is 1. The third-order valence-corrected chi connectivity index (χ3v) is 4.12. The highest BCUT2D eigenvalue weighted by Crippen LogP contribution is 2.13. The molecule has 4 heteroatoms. The fourth-order valence-corrected chi connectivity index (χ4v) is 2.90. The zero-order valence-electron chi connectivity index (χ0n) is 14.2. The van der Waals surface area contributed by atoms with Crippen molar-refractivity contribution < 1.29 is 4.79 Å². The van der Waals surface area contributed by atoms with Crippen LogP contribution in [0.4, 0.5) is 0 Å². The molecule has 0 aliphatic rings. The molecule has 2 aromatic carbocycles. The Balaban J connectivity index is 1.45. The van der Waals surface area contributed by atoms with Crippen molar-refractivity contribution in [1.82, 2.24) is 15.3 Å². The van der Waals surface area contributed by atoms with Crippen LogP contribution in [0.3, 0.4) is 0 Å². The Hall–Kier alpha value is -2.62. The fourth-order valence-electron chi connectivity index (χ4n) is 2.90. The van der Waals surface area contributed by atoms with Gasteiger partial charge in [0.25, 0.3) is 0 Å². The predicted octanol–water partition coefficient (Wildman–Crippen LogP) is 3.47. The minimum Gasteiger partial charge on any atom is -0.356 e. The number of hydrogen-bond acceptors (Lipinski definition) is 2. The van der Waals surface area contributed by atoms with Gasteiger partial charge in [-0.25, -0.2) is 4.98 Å². The number of rotatable bonds is 6. The maximum Gasteiger partial charge on any atom is 0.220 e. The molecule has 3 rings (SSSR count). The molecule has 124 valence electrons. The molecule has 24 heavy (non-hydrogen) atoms. The van der Waals surface area contributed by atoms with Crippen molar-refractivity contribution in [3.8, 4) is 0 Å². The van der Waals surface area contributed by atoms with E-state index >= 15 is 0 Å². The first-order valence-electron chi connectivity index (χ1n) is 8.37. The van der Waals surface area contributed by atoms with Gasteiger partial charge in [-0.3, -0.25) is 4.79 Å². The monoisotopic (exact) mass is 321 g/mol. The molecule has 0 atom stereocenters. The van der Waals surface area contributed by atoms with Crippen molar-refractivity contribution in [2.45, 2.75) is 33.1 Å². The Morgan fingerprint density at radius 1 is 1.08 bits per heavy atom. The Morgan fingerprint density at radius 3 is 2.75 bits per heavy atom. The summed E-state index contributed by atoms with van der Waals surface area (Å²) in [6, 6.07) is 14.5.